The zero-order chi connectivity index (χ0) is 23.9. The molecule has 34 heavy (non-hydrogen) atoms. The summed E-state index contributed by atoms with van der Waals surface area (Å²) in [5.74, 6) is -0.122. The maximum absolute atomic E-state index is 13.8. The number of hydrogen-bond donors (Lipinski definition) is 0. The van der Waals surface area contributed by atoms with Crippen LogP contribution in [-0.4, -0.2) is 33.8 Å². The van der Waals surface area contributed by atoms with E-state index in [0.717, 1.165) is 22.9 Å². The molecule has 3 aromatic carbocycles. The first-order valence-corrected chi connectivity index (χ1v) is 11.7. The molecule has 6 nitrogen and oxygen atoms in total. The summed E-state index contributed by atoms with van der Waals surface area (Å²) in [6.45, 7) is 1.69. The number of hydrogen-bond acceptors (Lipinski definition) is 6. The topological polar surface area (TPSA) is 68.5 Å². The number of rotatable bonds is 9. The van der Waals surface area contributed by atoms with Crippen molar-refractivity contribution in [3.05, 3.63) is 108 Å². The molecule has 4 aromatic rings. The maximum atomic E-state index is 13.8. The average Bonchev–Trinajstić information content (AvgIpc) is 3.35. The van der Waals surface area contributed by atoms with Crippen molar-refractivity contribution in [1.29, 1.82) is 0 Å². The standard InChI is InChI=1S/C26H24FN3O3S/c1-18(32-22-16-10-9-15-21(22)27)25-28-29-26(33-25)34-17-23(31)30(2)24(19-11-5-3-6-12-19)20-13-7-4-8-14-20/h3-16,18,24H,17H2,1-2H3. The fourth-order valence-electron chi connectivity index (χ4n) is 3.50. The van der Waals surface area contributed by atoms with Gasteiger partial charge in [-0.05, 0) is 30.2 Å². The lowest BCUT2D eigenvalue weighted by atomic mass is 9.97. The smallest absolute Gasteiger partial charge is 0.277 e. The summed E-state index contributed by atoms with van der Waals surface area (Å²) >= 11 is 1.15. The summed E-state index contributed by atoms with van der Waals surface area (Å²) in [6, 6.07) is 25.7. The van der Waals surface area contributed by atoms with Crippen molar-refractivity contribution in [3.63, 3.8) is 0 Å². The molecular formula is C26H24FN3O3S. The minimum absolute atomic E-state index is 0.0851. The third-order valence-electron chi connectivity index (χ3n) is 5.24. The van der Waals surface area contributed by atoms with Gasteiger partial charge in [0.1, 0.15) is 0 Å². The van der Waals surface area contributed by atoms with Crippen LogP contribution in [0.5, 0.6) is 5.75 Å². The fraction of sp³-hybridized carbons (Fsp3) is 0.192. The van der Waals surface area contributed by atoms with Crippen LogP contribution in [0, 0.1) is 5.82 Å². The minimum atomic E-state index is -0.641. The summed E-state index contributed by atoms with van der Waals surface area (Å²) in [7, 11) is 1.79. The molecule has 8 heteroatoms. The van der Waals surface area contributed by atoms with Crippen molar-refractivity contribution in [2.24, 2.45) is 0 Å². The third kappa shape index (κ3) is 5.63. The highest BCUT2D eigenvalue weighted by molar-refractivity contribution is 7.99. The fourth-order valence-corrected chi connectivity index (χ4v) is 4.20. The van der Waals surface area contributed by atoms with Crippen molar-refractivity contribution in [2.45, 2.75) is 24.3 Å². The molecule has 1 unspecified atom stereocenters. The number of nitrogens with zero attached hydrogens (tertiary/aromatic N) is 3. The number of amides is 1. The van der Waals surface area contributed by atoms with E-state index < -0.39 is 11.9 Å². The van der Waals surface area contributed by atoms with Crippen LogP contribution >= 0.6 is 11.8 Å². The first-order valence-electron chi connectivity index (χ1n) is 10.8. The SMILES string of the molecule is CC(Oc1ccccc1F)c1nnc(SCC(=O)N(C)C(c2ccccc2)c2ccccc2)o1. The quantitative estimate of drug-likeness (QED) is 0.289. The second-order valence-corrected chi connectivity index (χ2v) is 8.54. The third-order valence-corrected chi connectivity index (χ3v) is 6.04. The van der Waals surface area contributed by atoms with Gasteiger partial charge < -0.3 is 14.1 Å². The van der Waals surface area contributed by atoms with E-state index in [9.17, 15) is 9.18 Å². The van der Waals surface area contributed by atoms with Gasteiger partial charge in [0.15, 0.2) is 17.7 Å². The highest BCUT2D eigenvalue weighted by atomic mass is 32.2. The second-order valence-electron chi connectivity index (χ2n) is 7.61. The molecule has 0 spiro atoms. The van der Waals surface area contributed by atoms with E-state index in [2.05, 4.69) is 10.2 Å². The van der Waals surface area contributed by atoms with Crippen LogP contribution in [0.3, 0.4) is 0 Å². The lowest BCUT2D eigenvalue weighted by Gasteiger charge is -2.29. The summed E-state index contributed by atoms with van der Waals surface area (Å²) in [5.41, 5.74) is 2.04. The van der Waals surface area contributed by atoms with Gasteiger partial charge >= 0.3 is 0 Å². The number of aromatic nitrogens is 2. The van der Waals surface area contributed by atoms with Crippen molar-refractivity contribution in [1.82, 2.24) is 15.1 Å². The van der Waals surface area contributed by atoms with Gasteiger partial charge in [-0.25, -0.2) is 4.39 Å². The number of para-hydroxylation sites is 1. The monoisotopic (exact) mass is 477 g/mol. The Hall–Kier alpha value is -3.65. The van der Waals surface area contributed by atoms with Gasteiger partial charge in [-0.3, -0.25) is 4.79 Å². The molecule has 0 aliphatic heterocycles. The molecule has 0 saturated carbocycles. The van der Waals surface area contributed by atoms with E-state index in [1.165, 1.54) is 12.1 Å². The number of carbonyl (C=O) groups excluding carboxylic acids is 1. The molecule has 0 N–H and O–H groups in total. The molecule has 174 valence electrons. The van der Waals surface area contributed by atoms with Crippen LogP contribution in [0.25, 0.3) is 0 Å². The van der Waals surface area contributed by atoms with Crippen molar-refractivity contribution < 1.29 is 18.3 Å². The van der Waals surface area contributed by atoms with Gasteiger partial charge in [-0.2, -0.15) is 0 Å². The molecule has 4 rings (SSSR count). The molecule has 0 aliphatic rings. The van der Waals surface area contributed by atoms with E-state index >= 15 is 0 Å². The Morgan fingerprint density at radius 1 is 0.971 bits per heavy atom. The zero-order valence-corrected chi connectivity index (χ0v) is 19.6. The number of thioether (sulfide) groups is 1. The second kappa shape index (κ2) is 11.0. The molecule has 1 atom stereocenters. The van der Waals surface area contributed by atoms with Crippen molar-refractivity contribution in [3.8, 4) is 5.75 Å². The molecule has 1 aromatic heterocycles. The van der Waals surface area contributed by atoms with E-state index in [4.69, 9.17) is 9.15 Å². The molecule has 0 fully saturated rings. The summed E-state index contributed by atoms with van der Waals surface area (Å²) in [4.78, 5) is 14.8. The minimum Gasteiger partial charge on any atom is -0.478 e. The number of ether oxygens (including phenoxy) is 1. The van der Waals surface area contributed by atoms with Crippen LogP contribution in [0.2, 0.25) is 0 Å². The zero-order valence-electron chi connectivity index (χ0n) is 18.8. The first-order chi connectivity index (χ1) is 16.5. The largest absolute Gasteiger partial charge is 0.478 e. The van der Waals surface area contributed by atoms with Gasteiger partial charge in [-0.15, -0.1) is 10.2 Å². The Morgan fingerprint density at radius 3 is 2.18 bits per heavy atom. The Morgan fingerprint density at radius 2 is 1.56 bits per heavy atom. The van der Waals surface area contributed by atoms with Crippen LogP contribution in [0.4, 0.5) is 4.39 Å². The summed E-state index contributed by atoms with van der Waals surface area (Å²) in [5, 5.41) is 8.23. The Balaban J connectivity index is 1.41. The lowest BCUT2D eigenvalue weighted by molar-refractivity contribution is -0.128. The van der Waals surface area contributed by atoms with Gasteiger partial charge in [-0.1, -0.05) is 84.6 Å². The lowest BCUT2D eigenvalue weighted by Crippen LogP contribution is -2.33. The first kappa shape index (κ1) is 23.5. The van der Waals surface area contributed by atoms with Gasteiger partial charge in [0.25, 0.3) is 11.1 Å². The van der Waals surface area contributed by atoms with Crippen LogP contribution in [0.15, 0.2) is 94.6 Å². The average molecular weight is 478 g/mol. The Labute approximate surface area is 201 Å². The molecule has 0 saturated heterocycles. The molecular weight excluding hydrogens is 453 g/mol. The van der Waals surface area contributed by atoms with Crippen LogP contribution in [-0.2, 0) is 4.79 Å². The van der Waals surface area contributed by atoms with E-state index in [1.807, 2.05) is 60.7 Å². The molecule has 1 heterocycles. The molecule has 0 aliphatic carbocycles. The summed E-state index contributed by atoms with van der Waals surface area (Å²) < 4.78 is 25.1. The predicted octanol–water partition coefficient (Wildman–Crippen LogP) is 5.69. The number of carbonyl (C=O) groups is 1. The molecule has 0 bridgehead atoms. The molecule has 0 radical (unpaired) electrons. The van der Waals surface area contributed by atoms with Crippen molar-refractivity contribution in [2.75, 3.05) is 12.8 Å². The van der Waals surface area contributed by atoms with Crippen LogP contribution in [0.1, 0.15) is 36.1 Å². The van der Waals surface area contributed by atoms with Crippen LogP contribution < -0.4 is 4.74 Å². The number of halogens is 1. The normalized spacial score (nSPS) is 11.9. The van der Waals surface area contributed by atoms with E-state index in [0.29, 0.717) is 0 Å². The molecule has 1 amide bonds. The summed E-state index contributed by atoms with van der Waals surface area (Å²) in [6.07, 6.45) is -0.641. The highest BCUT2D eigenvalue weighted by Gasteiger charge is 2.24. The maximum Gasteiger partial charge on any atom is 0.277 e. The van der Waals surface area contributed by atoms with Gasteiger partial charge in [0.05, 0.1) is 11.8 Å². The highest BCUT2D eigenvalue weighted by Crippen LogP contribution is 2.29. The Bertz CT molecular complexity index is 1180. The van der Waals surface area contributed by atoms with E-state index in [1.54, 1.807) is 31.0 Å². The van der Waals surface area contributed by atoms with Gasteiger partial charge in [0, 0.05) is 7.05 Å². The van der Waals surface area contributed by atoms with Gasteiger partial charge in [0.2, 0.25) is 5.91 Å². The Kier molecular flexibility index (Phi) is 7.59. The number of benzene rings is 3. The van der Waals surface area contributed by atoms with Crippen molar-refractivity contribution >= 4 is 17.7 Å². The predicted molar refractivity (Wildman–Crippen MR) is 128 cm³/mol. The van der Waals surface area contributed by atoms with E-state index in [-0.39, 0.29) is 34.6 Å².